The Hall–Kier alpha value is -1.03. The van der Waals surface area contributed by atoms with Crippen molar-refractivity contribution < 1.29 is 9.53 Å². The van der Waals surface area contributed by atoms with Crippen molar-refractivity contribution in [2.75, 3.05) is 13.7 Å². The second kappa shape index (κ2) is 5.08. The van der Waals surface area contributed by atoms with Crippen molar-refractivity contribution in [2.45, 2.75) is 25.8 Å². The fraction of sp³-hybridized carbons (Fsp3) is 0.462. The Kier molecular flexibility index (Phi) is 3.72. The number of amides is 1. The average Bonchev–Trinajstić information content (AvgIpc) is 3.15. The van der Waals surface area contributed by atoms with Gasteiger partial charge in [0.05, 0.1) is 12.7 Å². The van der Waals surface area contributed by atoms with Crippen LogP contribution >= 0.6 is 15.9 Å². The first-order chi connectivity index (χ1) is 8.17. The Morgan fingerprint density at radius 2 is 2.24 bits per heavy atom. The topological polar surface area (TPSA) is 29.5 Å². The number of benzene rings is 1. The first kappa shape index (κ1) is 12.4. The van der Waals surface area contributed by atoms with E-state index in [1.807, 2.05) is 24.0 Å². The lowest BCUT2D eigenvalue weighted by Gasteiger charge is -2.21. The molecule has 4 heteroatoms. The molecule has 17 heavy (non-hydrogen) atoms. The molecule has 0 atom stereocenters. The zero-order valence-electron chi connectivity index (χ0n) is 10.1. The lowest BCUT2D eigenvalue weighted by Crippen LogP contribution is -2.33. The summed E-state index contributed by atoms with van der Waals surface area (Å²) in [6, 6.07) is 5.92. The van der Waals surface area contributed by atoms with Crippen LogP contribution in [0.3, 0.4) is 0 Å². The van der Waals surface area contributed by atoms with E-state index in [0.717, 1.165) is 23.9 Å². The van der Waals surface area contributed by atoms with Gasteiger partial charge in [-0.15, -0.1) is 0 Å². The molecule has 0 aromatic heterocycles. The van der Waals surface area contributed by atoms with Crippen LogP contribution in [0.5, 0.6) is 5.75 Å². The highest BCUT2D eigenvalue weighted by Gasteiger charge is 2.32. The second-order valence-corrected chi connectivity index (χ2v) is 5.02. The van der Waals surface area contributed by atoms with Crippen LogP contribution in [0.1, 0.15) is 30.1 Å². The maximum atomic E-state index is 12.4. The van der Waals surface area contributed by atoms with Gasteiger partial charge >= 0.3 is 0 Å². The maximum Gasteiger partial charge on any atom is 0.255 e. The molecule has 3 nitrogen and oxygen atoms in total. The molecule has 0 unspecified atom stereocenters. The van der Waals surface area contributed by atoms with Crippen molar-refractivity contribution in [3.63, 3.8) is 0 Å². The molecule has 0 radical (unpaired) electrons. The third kappa shape index (κ3) is 2.63. The number of halogens is 1. The van der Waals surface area contributed by atoms with Crippen LogP contribution in [-0.4, -0.2) is 30.5 Å². The van der Waals surface area contributed by atoms with Gasteiger partial charge in [-0.2, -0.15) is 0 Å². The van der Waals surface area contributed by atoms with Gasteiger partial charge in [0, 0.05) is 17.1 Å². The fourth-order valence-corrected chi connectivity index (χ4v) is 2.32. The van der Waals surface area contributed by atoms with E-state index in [9.17, 15) is 4.79 Å². The predicted molar refractivity (Wildman–Crippen MR) is 70.4 cm³/mol. The molecule has 1 saturated carbocycles. The highest BCUT2D eigenvalue weighted by molar-refractivity contribution is 9.10. The zero-order chi connectivity index (χ0) is 12.4. The molecule has 0 N–H and O–H groups in total. The van der Waals surface area contributed by atoms with E-state index in [-0.39, 0.29) is 5.91 Å². The standard InChI is InChI=1S/C13H16BrNO2/c1-3-15(9-4-5-9)13(16)11-8-10(17-2)6-7-12(11)14/h6-9H,3-5H2,1-2H3. The van der Waals surface area contributed by atoms with Gasteiger partial charge in [0.2, 0.25) is 0 Å². The van der Waals surface area contributed by atoms with Crippen LogP contribution < -0.4 is 4.74 Å². The number of ether oxygens (including phenoxy) is 1. The van der Waals surface area contributed by atoms with Gasteiger partial charge in [-0.1, -0.05) is 0 Å². The third-order valence-corrected chi connectivity index (χ3v) is 3.68. The smallest absolute Gasteiger partial charge is 0.255 e. The Morgan fingerprint density at radius 1 is 1.53 bits per heavy atom. The van der Waals surface area contributed by atoms with Crippen LogP contribution in [-0.2, 0) is 0 Å². The minimum Gasteiger partial charge on any atom is -0.497 e. The summed E-state index contributed by atoms with van der Waals surface area (Å²) in [6.07, 6.45) is 2.25. The third-order valence-electron chi connectivity index (χ3n) is 2.99. The van der Waals surface area contributed by atoms with Gasteiger partial charge < -0.3 is 9.64 Å². The van der Waals surface area contributed by atoms with E-state index in [2.05, 4.69) is 15.9 Å². The molecule has 0 spiro atoms. The van der Waals surface area contributed by atoms with Gasteiger partial charge in [0.25, 0.3) is 5.91 Å². The van der Waals surface area contributed by atoms with E-state index < -0.39 is 0 Å². The number of methoxy groups -OCH3 is 1. The molecular weight excluding hydrogens is 282 g/mol. The van der Waals surface area contributed by atoms with E-state index in [1.54, 1.807) is 13.2 Å². The molecule has 0 saturated heterocycles. The molecule has 92 valence electrons. The van der Waals surface area contributed by atoms with Crippen molar-refractivity contribution in [3.8, 4) is 5.75 Å². The summed E-state index contributed by atoms with van der Waals surface area (Å²) < 4.78 is 5.98. The Bertz CT molecular complexity index is 429. The Morgan fingerprint density at radius 3 is 2.76 bits per heavy atom. The summed E-state index contributed by atoms with van der Waals surface area (Å²) in [6.45, 7) is 2.78. The number of hydrogen-bond donors (Lipinski definition) is 0. The quantitative estimate of drug-likeness (QED) is 0.855. The summed E-state index contributed by atoms with van der Waals surface area (Å²) in [7, 11) is 1.61. The minimum absolute atomic E-state index is 0.0841. The lowest BCUT2D eigenvalue weighted by molar-refractivity contribution is 0.0751. The number of carbonyl (C=O) groups is 1. The molecule has 1 aromatic rings. The largest absolute Gasteiger partial charge is 0.497 e. The van der Waals surface area contributed by atoms with Crippen molar-refractivity contribution in [1.29, 1.82) is 0 Å². The molecule has 1 aromatic carbocycles. The second-order valence-electron chi connectivity index (χ2n) is 4.17. The highest BCUT2D eigenvalue weighted by Crippen LogP contribution is 2.30. The molecule has 0 heterocycles. The van der Waals surface area contributed by atoms with Gasteiger partial charge in [0.1, 0.15) is 5.75 Å². The lowest BCUT2D eigenvalue weighted by atomic mass is 10.2. The molecule has 1 aliphatic carbocycles. The average molecular weight is 298 g/mol. The molecule has 2 rings (SSSR count). The van der Waals surface area contributed by atoms with E-state index in [1.165, 1.54) is 0 Å². The number of rotatable bonds is 4. The van der Waals surface area contributed by atoms with Crippen LogP contribution in [0.25, 0.3) is 0 Å². The first-order valence-electron chi connectivity index (χ1n) is 5.82. The van der Waals surface area contributed by atoms with Crippen molar-refractivity contribution in [2.24, 2.45) is 0 Å². The molecule has 1 fully saturated rings. The number of hydrogen-bond acceptors (Lipinski definition) is 2. The molecule has 1 aliphatic rings. The first-order valence-corrected chi connectivity index (χ1v) is 6.61. The maximum absolute atomic E-state index is 12.4. The van der Waals surface area contributed by atoms with Gasteiger partial charge in [0.15, 0.2) is 0 Å². The summed E-state index contributed by atoms with van der Waals surface area (Å²) in [5.41, 5.74) is 0.679. The number of carbonyl (C=O) groups excluding carboxylic acids is 1. The summed E-state index contributed by atoms with van der Waals surface area (Å²) in [5, 5.41) is 0. The summed E-state index contributed by atoms with van der Waals surface area (Å²) >= 11 is 3.42. The normalized spacial score (nSPS) is 14.5. The molecule has 1 amide bonds. The van der Waals surface area contributed by atoms with Crippen molar-refractivity contribution in [1.82, 2.24) is 4.90 Å². The summed E-state index contributed by atoms with van der Waals surface area (Å²) in [4.78, 5) is 14.3. The predicted octanol–water partition coefficient (Wildman–Crippen LogP) is 3.08. The highest BCUT2D eigenvalue weighted by atomic mass is 79.9. The number of nitrogens with zero attached hydrogens (tertiary/aromatic N) is 1. The van der Waals surface area contributed by atoms with Gasteiger partial charge in [-0.05, 0) is 53.9 Å². The molecular formula is C13H16BrNO2. The zero-order valence-corrected chi connectivity index (χ0v) is 11.7. The van der Waals surface area contributed by atoms with E-state index >= 15 is 0 Å². The van der Waals surface area contributed by atoms with E-state index in [4.69, 9.17) is 4.74 Å². The fourth-order valence-electron chi connectivity index (χ4n) is 1.90. The minimum atomic E-state index is 0.0841. The van der Waals surface area contributed by atoms with Gasteiger partial charge in [-0.25, -0.2) is 0 Å². The monoisotopic (exact) mass is 297 g/mol. The summed E-state index contributed by atoms with van der Waals surface area (Å²) in [5.74, 6) is 0.796. The Balaban J connectivity index is 2.28. The molecule has 0 aliphatic heterocycles. The Labute approximate surface area is 110 Å². The van der Waals surface area contributed by atoms with Crippen LogP contribution in [0.4, 0.5) is 0 Å². The van der Waals surface area contributed by atoms with Crippen LogP contribution in [0.15, 0.2) is 22.7 Å². The molecule has 0 bridgehead atoms. The SMILES string of the molecule is CCN(C(=O)c1cc(OC)ccc1Br)C1CC1. The van der Waals surface area contributed by atoms with Crippen molar-refractivity contribution in [3.05, 3.63) is 28.2 Å². The van der Waals surface area contributed by atoms with Crippen LogP contribution in [0, 0.1) is 0 Å². The van der Waals surface area contributed by atoms with Gasteiger partial charge in [-0.3, -0.25) is 4.79 Å². The van der Waals surface area contributed by atoms with Crippen molar-refractivity contribution >= 4 is 21.8 Å². The van der Waals surface area contributed by atoms with E-state index in [0.29, 0.717) is 17.4 Å². The van der Waals surface area contributed by atoms with Crippen LogP contribution in [0.2, 0.25) is 0 Å².